The van der Waals surface area contributed by atoms with Crippen LogP contribution < -0.4 is 44.8 Å². The van der Waals surface area contributed by atoms with Crippen LogP contribution in [0.2, 0.25) is 0 Å². The molecule has 6 unspecified atom stereocenters. The van der Waals surface area contributed by atoms with E-state index in [1.54, 1.807) is 30.9 Å². The summed E-state index contributed by atoms with van der Waals surface area (Å²) in [5.74, 6) is 0. The van der Waals surface area contributed by atoms with Crippen LogP contribution in [0.1, 0.15) is 274 Å². The van der Waals surface area contributed by atoms with E-state index in [0.29, 0.717) is 155 Å². The van der Waals surface area contributed by atoms with Crippen molar-refractivity contribution >= 4 is 42.5 Å². The summed E-state index contributed by atoms with van der Waals surface area (Å²) in [6.45, 7) is 23.1. The number of nitrogens with zero attached hydrogens (tertiary/aromatic N) is 16. The number of nitrogens with one attached hydrogen (secondary N) is 2. The summed E-state index contributed by atoms with van der Waals surface area (Å²) in [5, 5.41) is 40.1. The maximum absolute atomic E-state index is 14.4. The van der Waals surface area contributed by atoms with Crippen LogP contribution in [0.15, 0.2) is 53.7 Å². The zero-order valence-corrected chi connectivity index (χ0v) is 71.3. The van der Waals surface area contributed by atoms with E-state index in [1.807, 2.05) is 27.0 Å². The highest BCUT2D eigenvalue weighted by Crippen LogP contribution is 2.50. The highest BCUT2D eigenvalue weighted by Gasteiger charge is 2.47. The van der Waals surface area contributed by atoms with Gasteiger partial charge in [0, 0.05) is 58.9 Å². The van der Waals surface area contributed by atoms with E-state index in [0.717, 1.165) is 129 Å². The van der Waals surface area contributed by atoms with Crippen molar-refractivity contribution in [1.29, 1.82) is 21.0 Å². The van der Waals surface area contributed by atoms with Gasteiger partial charge < -0.3 is 29.6 Å². The maximum atomic E-state index is 14.4. The molecular formula is C83H128N18O17. The topological polar surface area (TPSA) is 473 Å². The molecule has 4 amide bonds. The third-order valence-electron chi connectivity index (χ3n) is 21.7. The summed E-state index contributed by atoms with van der Waals surface area (Å²) in [7, 11) is 0. The van der Waals surface area contributed by atoms with Crippen molar-refractivity contribution in [1.82, 2.24) is 42.9 Å². The molecule has 5 rings (SSSR count). The highest BCUT2D eigenvalue weighted by molar-refractivity contribution is 5.93. The second-order valence-corrected chi connectivity index (χ2v) is 35.0. The maximum Gasteiger partial charge on any atom is 0.336 e. The Labute approximate surface area is 692 Å². The van der Waals surface area contributed by atoms with Crippen molar-refractivity contribution in [3.05, 3.63) is 62.9 Å². The number of urea groups is 2. The van der Waals surface area contributed by atoms with E-state index in [-0.39, 0.29) is 73.7 Å². The molecule has 3 fully saturated rings. The van der Waals surface area contributed by atoms with E-state index in [2.05, 4.69) is 91.3 Å². The average molecular weight is 1650 g/mol. The molecule has 6 atom stereocenters. The molecule has 0 bridgehead atoms. The number of nitriles is 4. The summed E-state index contributed by atoms with van der Waals surface area (Å²) < 4.78 is 26.4. The van der Waals surface area contributed by atoms with Crippen molar-refractivity contribution in [2.75, 3.05) is 59.1 Å². The van der Waals surface area contributed by atoms with Gasteiger partial charge in [0.25, 0.3) is 25.0 Å². The summed E-state index contributed by atoms with van der Waals surface area (Å²) >= 11 is 0. The zero-order chi connectivity index (χ0) is 87.5. The molecule has 0 radical (unpaired) electrons. The van der Waals surface area contributed by atoms with Crippen molar-refractivity contribution in [2.24, 2.45) is 57.5 Å². The first-order valence-corrected chi connectivity index (χ1v) is 41.9. The van der Waals surface area contributed by atoms with E-state index >= 15 is 0 Å². The Balaban J connectivity index is 0.000000468. The van der Waals surface area contributed by atoms with E-state index in [4.69, 9.17) is 20.5 Å². The Morgan fingerprint density at radius 2 is 0.669 bits per heavy atom. The second kappa shape index (κ2) is 54.6. The minimum absolute atomic E-state index is 0.0558. The van der Waals surface area contributed by atoms with Gasteiger partial charge in [0.1, 0.15) is 25.9 Å². The number of imide groups is 1. The lowest BCUT2D eigenvalue weighted by Crippen LogP contribution is -2.59. The molecule has 2 aromatic rings. The first kappa shape index (κ1) is 102. The second-order valence-electron chi connectivity index (χ2n) is 35.0. The molecule has 35 nitrogen and oxygen atoms in total. The molecular weight excluding hydrogens is 1520 g/mol. The Kier molecular flexibility index (Phi) is 47.1. The fourth-order valence-corrected chi connectivity index (χ4v) is 17.7. The number of amides is 4. The predicted molar refractivity (Wildman–Crippen MR) is 438 cm³/mol. The minimum atomic E-state index is -0.666. The summed E-state index contributed by atoms with van der Waals surface area (Å²) in [5.41, 5.74) is -6.11. The van der Waals surface area contributed by atoms with Gasteiger partial charge in [0.15, 0.2) is 0 Å². The van der Waals surface area contributed by atoms with Gasteiger partial charge in [-0.05, 0) is 187 Å². The van der Waals surface area contributed by atoms with Gasteiger partial charge >= 0.3 is 46.2 Å². The van der Waals surface area contributed by atoms with Crippen molar-refractivity contribution in [3.8, 4) is 25.0 Å². The molecule has 0 spiro atoms. The third-order valence-corrected chi connectivity index (χ3v) is 21.7. The molecule has 35 heteroatoms. The molecule has 652 valence electrons. The highest BCUT2D eigenvalue weighted by atomic mass is 16.5. The standard InChI is InChI=1S/C36H54N6O6.C24H36N6O6.C23H38N6O5/c1-31(2)10-25(38-23-43)12-34(7,16-31)19-40-28(45)41(20-35(8)13-26(39-24-44)11-32(3,4)17-35)30(47)42(29(40)46)21-36(9)15-27(48-22-37)14-33(5,6)18-36;25-19-35-17-11-5-3-9-15-29-22(32)28(14-8-2-1-7-13-27-21-31)23(33)30(24(29)34)16-10-4-6-12-18-36-20-26;24-19-34-18-12-6-5-11-17-29(22(32)27-15-9-3-1-7-13-25-20-30)23(33)28-16-10-4-2-8-14-26-21-31/h25-27H,10-21H2,1-9H3;1-18H2;1-18H2,(H,27,32)(H,28,33). The van der Waals surface area contributed by atoms with Gasteiger partial charge in [-0.15, -0.1) is 0 Å². The van der Waals surface area contributed by atoms with Gasteiger partial charge in [-0.3, -0.25) is 0 Å². The molecule has 0 aromatic carbocycles. The first-order valence-electron chi connectivity index (χ1n) is 41.9. The number of ether oxygens (including phenoxy) is 4. The number of unbranched alkanes of at least 4 members (excludes halogenated alkanes) is 18. The number of isocyanates is 5. The van der Waals surface area contributed by atoms with Crippen LogP contribution in [0, 0.1) is 78.6 Å². The van der Waals surface area contributed by atoms with Crippen LogP contribution in [0.3, 0.4) is 0 Å². The van der Waals surface area contributed by atoms with E-state index < -0.39 is 62.4 Å². The lowest BCUT2D eigenvalue weighted by atomic mass is 9.62. The van der Waals surface area contributed by atoms with Crippen LogP contribution in [-0.2, 0) is 82.2 Å². The quantitative estimate of drug-likeness (QED) is 0.0269. The molecule has 3 aliphatic carbocycles. The number of aromatic nitrogens is 6. The number of hydrogen-bond acceptors (Lipinski definition) is 26. The SMILES string of the molecule is CC1(C)CC(N=C=O)CC(C)(Cn2c(=O)n(CC3(C)CC(N=C=O)CC(C)(C)C3)c(=O)n(CC3(C)CC(OC#N)CC(C)(C)C3)c2=O)C1.N#COCCCCCCN(C(=O)NCCCCCCN=C=O)C(=O)NCCCCCCN=C=O.N#COCCCCCCn1c(=O)n(CCCCCCN=C=O)c(=O)n(CCCCCCOC#N)c1=O. The zero-order valence-electron chi connectivity index (χ0n) is 71.3. The molecule has 2 aromatic heterocycles. The van der Waals surface area contributed by atoms with Crippen LogP contribution >= 0.6 is 0 Å². The van der Waals surface area contributed by atoms with E-state index in [1.165, 1.54) is 36.8 Å². The lowest BCUT2D eigenvalue weighted by Gasteiger charge is -2.46. The summed E-state index contributed by atoms with van der Waals surface area (Å²) in [4.78, 5) is 180. The molecule has 0 aliphatic heterocycles. The monoisotopic (exact) mass is 1650 g/mol. The predicted octanol–water partition coefficient (Wildman–Crippen LogP) is 10.8. The number of aliphatic imine (C=N–C) groups is 5. The molecule has 0 saturated heterocycles. The first-order chi connectivity index (χ1) is 56.3. The van der Waals surface area contributed by atoms with Crippen LogP contribution in [0.4, 0.5) is 9.59 Å². The fraction of sp³-hybridized carbons (Fsp3) is 0.795. The summed E-state index contributed by atoms with van der Waals surface area (Å²) in [6.07, 6.45) is 38.3. The third kappa shape index (κ3) is 38.4. The Hall–Kier alpha value is -10.4. The largest absolute Gasteiger partial charge is 0.428 e. The van der Waals surface area contributed by atoms with Crippen molar-refractivity contribution in [2.45, 2.75) is 332 Å². The molecule has 2 heterocycles. The van der Waals surface area contributed by atoms with Gasteiger partial charge in [-0.25, -0.2) is 120 Å². The van der Waals surface area contributed by atoms with Gasteiger partial charge in [0.05, 0.1) is 31.7 Å². The Bertz CT molecular complexity index is 4090. The molecule has 3 saturated carbocycles. The van der Waals surface area contributed by atoms with Gasteiger partial charge in [-0.1, -0.05) is 120 Å². The Morgan fingerprint density at radius 3 is 0.992 bits per heavy atom. The van der Waals surface area contributed by atoms with Crippen molar-refractivity contribution < 1.29 is 52.5 Å². The number of carbonyl (C=O) groups excluding carboxylic acids is 7. The molecule has 2 N–H and O–H groups in total. The minimum Gasteiger partial charge on any atom is -0.428 e. The molecule has 118 heavy (non-hydrogen) atoms. The van der Waals surface area contributed by atoms with Crippen LogP contribution in [0.5, 0.6) is 0 Å². The van der Waals surface area contributed by atoms with Crippen molar-refractivity contribution in [3.63, 3.8) is 0 Å². The normalized spacial score (nSPS) is 19.7. The number of hydrogen-bond donors (Lipinski definition) is 2. The van der Waals surface area contributed by atoms with Crippen LogP contribution in [0.25, 0.3) is 0 Å². The van der Waals surface area contributed by atoms with Crippen LogP contribution in [-0.4, -0.2) is 152 Å². The molecule has 3 aliphatic rings. The lowest BCUT2D eigenvalue weighted by molar-refractivity contribution is -0.0206. The number of rotatable bonds is 51. The summed E-state index contributed by atoms with van der Waals surface area (Å²) in [6, 6.07) is -1.41. The van der Waals surface area contributed by atoms with Gasteiger partial charge in [0.2, 0.25) is 30.4 Å². The van der Waals surface area contributed by atoms with Gasteiger partial charge in [-0.2, -0.15) is 21.0 Å². The smallest absolute Gasteiger partial charge is 0.336 e. The van der Waals surface area contributed by atoms with E-state index in [9.17, 15) is 67.6 Å². The average Bonchev–Trinajstić information content (AvgIpc) is 0.746. The Morgan fingerprint density at radius 1 is 0.373 bits per heavy atom. The number of carbonyl (C=O) groups is 2. The fourth-order valence-electron chi connectivity index (χ4n) is 17.7.